The Kier molecular flexibility index (Phi) is 4.53. The zero-order chi connectivity index (χ0) is 9.68. The van der Waals surface area contributed by atoms with Gasteiger partial charge in [0.1, 0.15) is 0 Å². The van der Waals surface area contributed by atoms with Crippen LogP contribution in [-0.4, -0.2) is 8.80 Å². The van der Waals surface area contributed by atoms with Crippen molar-refractivity contribution < 1.29 is 0 Å². The molecule has 72 valence electrons. The SMILES string of the molecule is C[SiH](C)CCc1cccc(CCl)c1. The Hall–Kier alpha value is -0.273. The number of benzene rings is 1. The number of halogens is 1. The summed E-state index contributed by atoms with van der Waals surface area (Å²) in [6, 6.07) is 10.0. The second-order valence-corrected chi connectivity index (χ2v) is 7.52. The summed E-state index contributed by atoms with van der Waals surface area (Å²) in [7, 11) is -0.398. The molecule has 0 spiro atoms. The Morgan fingerprint density at radius 1 is 1.23 bits per heavy atom. The summed E-state index contributed by atoms with van der Waals surface area (Å²) in [6.07, 6.45) is 1.23. The highest BCUT2D eigenvalue weighted by atomic mass is 35.5. The van der Waals surface area contributed by atoms with E-state index >= 15 is 0 Å². The molecule has 0 heterocycles. The van der Waals surface area contributed by atoms with Crippen LogP contribution in [0, 0.1) is 0 Å². The van der Waals surface area contributed by atoms with Gasteiger partial charge < -0.3 is 0 Å². The quantitative estimate of drug-likeness (QED) is 0.530. The Morgan fingerprint density at radius 3 is 2.54 bits per heavy atom. The van der Waals surface area contributed by atoms with Crippen molar-refractivity contribution in [2.75, 3.05) is 0 Å². The van der Waals surface area contributed by atoms with Crippen LogP contribution in [0.4, 0.5) is 0 Å². The predicted octanol–water partition coefficient (Wildman–Crippen LogP) is 3.45. The molecule has 0 aliphatic rings. The first kappa shape index (κ1) is 10.8. The molecule has 0 unspecified atom stereocenters. The van der Waals surface area contributed by atoms with E-state index in [9.17, 15) is 0 Å². The van der Waals surface area contributed by atoms with Crippen molar-refractivity contribution >= 4 is 20.4 Å². The van der Waals surface area contributed by atoms with Gasteiger partial charge in [0, 0.05) is 14.7 Å². The zero-order valence-electron chi connectivity index (χ0n) is 8.39. The lowest BCUT2D eigenvalue weighted by Gasteiger charge is -2.04. The minimum absolute atomic E-state index is 0.398. The van der Waals surface area contributed by atoms with Crippen LogP contribution in [0.15, 0.2) is 24.3 Å². The van der Waals surface area contributed by atoms with Crippen LogP contribution in [0.5, 0.6) is 0 Å². The van der Waals surface area contributed by atoms with E-state index in [1.807, 2.05) is 0 Å². The standard InChI is InChI=1S/C11H17ClSi/c1-13(2)7-6-10-4-3-5-11(8-10)9-12/h3-5,8,13H,6-7,9H2,1-2H3. The molecule has 0 atom stereocenters. The van der Waals surface area contributed by atoms with Crippen LogP contribution in [0.1, 0.15) is 11.1 Å². The molecule has 0 aliphatic carbocycles. The second-order valence-electron chi connectivity index (χ2n) is 3.89. The van der Waals surface area contributed by atoms with E-state index in [1.54, 1.807) is 0 Å². The van der Waals surface area contributed by atoms with Crippen LogP contribution in [-0.2, 0) is 12.3 Å². The molecule has 1 rings (SSSR count). The van der Waals surface area contributed by atoms with Gasteiger partial charge in [0.2, 0.25) is 0 Å². The molecule has 0 aromatic heterocycles. The maximum absolute atomic E-state index is 5.77. The van der Waals surface area contributed by atoms with E-state index in [4.69, 9.17) is 11.6 Å². The van der Waals surface area contributed by atoms with Gasteiger partial charge in [-0.3, -0.25) is 0 Å². The monoisotopic (exact) mass is 212 g/mol. The third kappa shape index (κ3) is 3.97. The molecular weight excluding hydrogens is 196 g/mol. The first-order valence-corrected chi connectivity index (χ1v) is 8.52. The van der Waals surface area contributed by atoms with Gasteiger partial charge in [-0.05, 0) is 17.5 Å². The van der Waals surface area contributed by atoms with E-state index in [-0.39, 0.29) is 0 Å². The summed E-state index contributed by atoms with van der Waals surface area (Å²) in [6.45, 7) is 4.79. The fourth-order valence-corrected chi connectivity index (χ4v) is 2.40. The molecule has 0 saturated carbocycles. The lowest BCUT2D eigenvalue weighted by molar-refractivity contribution is 1.10. The van der Waals surface area contributed by atoms with Crippen molar-refractivity contribution in [1.82, 2.24) is 0 Å². The molecule has 2 heteroatoms. The summed E-state index contributed by atoms with van der Waals surface area (Å²) in [5.41, 5.74) is 2.68. The maximum Gasteiger partial charge on any atom is 0.0474 e. The van der Waals surface area contributed by atoms with Crippen molar-refractivity contribution in [3.8, 4) is 0 Å². The average Bonchev–Trinajstić information content (AvgIpc) is 2.15. The highest BCUT2D eigenvalue weighted by molar-refractivity contribution is 6.55. The Labute approximate surface area is 87.5 Å². The Morgan fingerprint density at radius 2 is 1.92 bits per heavy atom. The fraction of sp³-hybridized carbons (Fsp3) is 0.455. The van der Waals surface area contributed by atoms with Crippen LogP contribution < -0.4 is 0 Å². The number of hydrogen-bond donors (Lipinski definition) is 0. The van der Waals surface area contributed by atoms with Crippen molar-refractivity contribution in [2.45, 2.75) is 31.4 Å². The minimum Gasteiger partial charge on any atom is -0.122 e. The molecule has 0 aliphatic heterocycles. The lowest BCUT2D eigenvalue weighted by Crippen LogP contribution is -2.01. The van der Waals surface area contributed by atoms with Gasteiger partial charge in [0.25, 0.3) is 0 Å². The first-order chi connectivity index (χ1) is 6.22. The third-order valence-electron chi connectivity index (χ3n) is 2.16. The van der Waals surface area contributed by atoms with Gasteiger partial charge in [-0.2, -0.15) is 0 Å². The fourth-order valence-electron chi connectivity index (χ4n) is 1.32. The minimum atomic E-state index is -0.398. The van der Waals surface area contributed by atoms with Gasteiger partial charge in [0.15, 0.2) is 0 Å². The van der Waals surface area contributed by atoms with E-state index in [2.05, 4.69) is 37.4 Å². The molecule has 0 saturated heterocycles. The lowest BCUT2D eigenvalue weighted by atomic mass is 10.1. The molecule has 0 nitrogen and oxygen atoms in total. The summed E-state index contributed by atoms with van der Waals surface area (Å²) < 4.78 is 0. The molecule has 0 fully saturated rings. The van der Waals surface area contributed by atoms with Gasteiger partial charge in [-0.25, -0.2) is 0 Å². The summed E-state index contributed by atoms with van der Waals surface area (Å²) >= 11 is 5.77. The number of alkyl halides is 1. The largest absolute Gasteiger partial charge is 0.122 e. The highest BCUT2D eigenvalue weighted by Gasteiger charge is 1.98. The Bertz CT molecular complexity index is 258. The van der Waals surface area contributed by atoms with E-state index in [0.29, 0.717) is 5.88 Å². The van der Waals surface area contributed by atoms with Crippen molar-refractivity contribution in [3.63, 3.8) is 0 Å². The normalized spacial score (nSPS) is 10.8. The molecule has 0 amide bonds. The van der Waals surface area contributed by atoms with Crippen LogP contribution in [0.25, 0.3) is 0 Å². The summed E-state index contributed by atoms with van der Waals surface area (Å²) in [5, 5.41) is 0. The van der Waals surface area contributed by atoms with Crippen LogP contribution in [0.3, 0.4) is 0 Å². The maximum atomic E-state index is 5.77. The summed E-state index contributed by atoms with van der Waals surface area (Å²) in [4.78, 5) is 0. The highest BCUT2D eigenvalue weighted by Crippen LogP contribution is 2.10. The number of rotatable bonds is 4. The number of hydrogen-bond acceptors (Lipinski definition) is 0. The number of aryl methyl sites for hydroxylation is 1. The van der Waals surface area contributed by atoms with E-state index in [1.165, 1.54) is 23.6 Å². The molecular formula is C11H17ClSi. The van der Waals surface area contributed by atoms with Crippen molar-refractivity contribution in [2.24, 2.45) is 0 Å². The third-order valence-corrected chi connectivity index (χ3v) is 3.91. The molecule has 0 bridgehead atoms. The van der Waals surface area contributed by atoms with E-state index in [0.717, 1.165) is 0 Å². The summed E-state index contributed by atoms with van der Waals surface area (Å²) in [5.74, 6) is 0.632. The Balaban J connectivity index is 2.56. The van der Waals surface area contributed by atoms with Gasteiger partial charge in [-0.1, -0.05) is 43.4 Å². The van der Waals surface area contributed by atoms with Gasteiger partial charge in [-0.15, -0.1) is 11.6 Å². The molecule has 13 heavy (non-hydrogen) atoms. The topological polar surface area (TPSA) is 0 Å². The van der Waals surface area contributed by atoms with Crippen molar-refractivity contribution in [3.05, 3.63) is 35.4 Å². The molecule has 1 aromatic carbocycles. The van der Waals surface area contributed by atoms with Crippen LogP contribution >= 0.6 is 11.6 Å². The van der Waals surface area contributed by atoms with Crippen LogP contribution in [0.2, 0.25) is 19.1 Å². The second kappa shape index (κ2) is 5.46. The average molecular weight is 213 g/mol. The van der Waals surface area contributed by atoms with E-state index < -0.39 is 8.80 Å². The van der Waals surface area contributed by atoms with Crippen molar-refractivity contribution in [1.29, 1.82) is 0 Å². The smallest absolute Gasteiger partial charge is 0.0474 e. The van der Waals surface area contributed by atoms with Gasteiger partial charge in [0.05, 0.1) is 0 Å². The molecule has 1 aromatic rings. The van der Waals surface area contributed by atoms with Gasteiger partial charge >= 0.3 is 0 Å². The predicted molar refractivity (Wildman–Crippen MR) is 63.4 cm³/mol. The molecule has 0 N–H and O–H groups in total. The molecule has 0 radical (unpaired) electrons. The first-order valence-electron chi connectivity index (χ1n) is 4.86. The zero-order valence-corrected chi connectivity index (χ0v) is 10.3.